The molecule has 0 aliphatic heterocycles. The molecule has 5 rings (SSSR count). The molecule has 0 heterocycles. The predicted octanol–water partition coefficient (Wildman–Crippen LogP) is 8.02. The first-order chi connectivity index (χ1) is 14.3. The zero-order valence-corrected chi connectivity index (χ0v) is 21.7. The summed E-state index contributed by atoms with van der Waals surface area (Å²) < 4.78 is 0. The Morgan fingerprint density at radius 2 is 1.45 bits per heavy atom. The molecule has 10 atom stereocenters. The number of fused-ring (bicyclic) bond motifs is 7. The van der Waals surface area contributed by atoms with E-state index >= 15 is 0 Å². The molecule has 0 bridgehead atoms. The number of aliphatic hydroxyl groups excluding tert-OH is 1. The highest BCUT2D eigenvalue weighted by molar-refractivity contribution is 5.21. The van der Waals surface area contributed by atoms with E-state index in [4.69, 9.17) is 0 Å². The summed E-state index contributed by atoms with van der Waals surface area (Å²) in [6.45, 7) is 22.3. The van der Waals surface area contributed by atoms with Crippen LogP contribution in [-0.2, 0) is 0 Å². The van der Waals surface area contributed by atoms with E-state index in [0.29, 0.717) is 27.6 Å². The Hall–Kier alpha value is -0.300. The number of hydrogen-bond acceptors (Lipinski definition) is 1. The summed E-state index contributed by atoms with van der Waals surface area (Å²) in [5, 5.41) is 10.9. The van der Waals surface area contributed by atoms with E-state index in [1.54, 1.807) is 0 Å². The van der Waals surface area contributed by atoms with Crippen LogP contribution in [0.25, 0.3) is 0 Å². The number of allylic oxidation sites excluding steroid dienone is 1. The van der Waals surface area contributed by atoms with Crippen molar-refractivity contribution < 1.29 is 5.11 Å². The van der Waals surface area contributed by atoms with Crippen LogP contribution in [0, 0.1) is 56.7 Å². The molecule has 1 N–H and O–H groups in total. The smallest absolute Gasteiger partial charge is 0.0594 e. The van der Waals surface area contributed by atoms with Crippen LogP contribution >= 0.6 is 0 Å². The zero-order valence-electron chi connectivity index (χ0n) is 21.7. The second kappa shape index (κ2) is 6.64. The second-order valence-corrected chi connectivity index (χ2v) is 14.7. The van der Waals surface area contributed by atoms with Crippen LogP contribution < -0.4 is 0 Å². The Morgan fingerprint density at radius 1 is 0.742 bits per heavy atom. The summed E-state index contributed by atoms with van der Waals surface area (Å²) in [7, 11) is 0. The van der Waals surface area contributed by atoms with E-state index in [9.17, 15) is 5.11 Å². The van der Waals surface area contributed by atoms with E-state index in [0.717, 1.165) is 30.1 Å². The van der Waals surface area contributed by atoms with Gasteiger partial charge in [-0.05, 0) is 128 Å². The van der Waals surface area contributed by atoms with Gasteiger partial charge in [-0.3, -0.25) is 0 Å². The summed E-state index contributed by atoms with van der Waals surface area (Å²) in [6.07, 6.45) is 13.4. The standard InChI is InChI=1S/C30H50O/c1-19(2)20-11-14-27(5)17-18-29(7)21(25(20)27)9-10-23-28(6)15-13-24(31)26(3,4)22(28)12-16-30(23,29)8/h20-25,31H,1,9-18H2,2-8H3/t20-,21-,22+,23-,24+,25+,27-,28+,29-,30-/m1/s1. The van der Waals surface area contributed by atoms with Crippen LogP contribution in [0.15, 0.2) is 12.2 Å². The molecule has 1 heteroatoms. The normalized spacial score (nSPS) is 57.9. The fraction of sp³-hybridized carbons (Fsp3) is 0.933. The summed E-state index contributed by atoms with van der Waals surface area (Å²) in [5.74, 6) is 3.98. The Balaban J connectivity index is 1.54. The second-order valence-electron chi connectivity index (χ2n) is 14.7. The lowest BCUT2D eigenvalue weighted by Crippen LogP contribution is -2.66. The van der Waals surface area contributed by atoms with Crippen molar-refractivity contribution in [1.82, 2.24) is 0 Å². The third kappa shape index (κ3) is 2.65. The Kier molecular flexibility index (Phi) is 4.82. The maximum atomic E-state index is 10.9. The van der Waals surface area contributed by atoms with Gasteiger partial charge in [-0.25, -0.2) is 0 Å². The molecule has 0 aromatic heterocycles. The summed E-state index contributed by atoms with van der Waals surface area (Å²) in [6, 6.07) is 0. The quantitative estimate of drug-likeness (QED) is 0.421. The largest absolute Gasteiger partial charge is 0.393 e. The highest BCUT2D eigenvalue weighted by Crippen LogP contribution is 2.77. The van der Waals surface area contributed by atoms with Gasteiger partial charge in [0.05, 0.1) is 6.10 Å². The molecule has 0 saturated heterocycles. The zero-order chi connectivity index (χ0) is 22.6. The molecule has 1 nitrogen and oxygen atoms in total. The van der Waals surface area contributed by atoms with Crippen molar-refractivity contribution in [3.05, 3.63) is 12.2 Å². The first kappa shape index (κ1) is 22.5. The lowest BCUT2D eigenvalue weighted by atomic mass is 9.32. The van der Waals surface area contributed by atoms with Gasteiger partial charge in [0.15, 0.2) is 0 Å². The number of hydrogen-bond donors (Lipinski definition) is 1. The van der Waals surface area contributed by atoms with Crippen molar-refractivity contribution in [2.24, 2.45) is 56.7 Å². The highest BCUT2D eigenvalue weighted by Gasteiger charge is 2.70. The molecule has 31 heavy (non-hydrogen) atoms. The van der Waals surface area contributed by atoms with Crippen molar-refractivity contribution in [3.63, 3.8) is 0 Å². The molecule has 0 aromatic rings. The van der Waals surface area contributed by atoms with Crippen LogP contribution in [-0.4, -0.2) is 11.2 Å². The molecule has 0 spiro atoms. The Bertz CT molecular complexity index is 766. The van der Waals surface area contributed by atoms with E-state index < -0.39 is 0 Å². The fourth-order valence-electron chi connectivity index (χ4n) is 11.5. The average molecular weight is 427 g/mol. The summed E-state index contributed by atoms with van der Waals surface area (Å²) in [4.78, 5) is 0. The van der Waals surface area contributed by atoms with Crippen LogP contribution in [0.5, 0.6) is 0 Å². The van der Waals surface area contributed by atoms with E-state index in [2.05, 4.69) is 55.0 Å². The van der Waals surface area contributed by atoms with Gasteiger partial charge in [0.1, 0.15) is 0 Å². The van der Waals surface area contributed by atoms with Crippen LogP contribution in [0.2, 0.25) is 0 Å². The SMILES string of the molecule is C=C(C)[C@H]1CC[C@]2(C)CC[C@]3(C)[C@H](CC[C@@H]4[C@@]5(C)CC[C@H](O)C(C)(C)[C@@H]5CC[C@]43C)[C@H]12. The highest BCUT2D eigenvalue weighted by atomic mass is 16.3. The molecule has 176 valence electrons. The van der Waals surface area contributed by atoms with Crippen LogP contribution in [0.3, 0.4) is 0 Å². The van der Waals surface area contributed by atoms with Crippen molar-refractivity contribution in [3.8, 4) is 0 Å². The molecular weight excluding hydrogens is 376 g/mol. The van der Waals surface area contributed by atoms with Gasteiger partial charge in [0.2, 0.25) is 0 Å². The Labute approximate surface area is 192 Å². The van der Waals surface area contributed by atoms with Gasteiger partial charge >= 0.3 is 0 Å². The molecule has 5 saturated carbocycles. The molecule has 0 unspecified atom stereocenters. The third-order valence-corrected chi connectivity index (χ3v) is 13.5. The minimum Gasteiger partial charge on any atom is -0.393 e. The van der Waals surface area contributed by atoms with Gasteiger partial charge < -0.3 is 5.11 Å². The van der Waals surface area contributed by atoms with Crippen molar-refractivity contribution in [1.29, 1.82) is 0 Å². The minimum atomic E-state index is -0.118. The van der Waals surface area contributed by atoms with Crippen molar-refractivity contribution in [2.45, 2.75) is 119 Å². The fourth-order valence-corrected chi connectivity index (χ4v) is 11.5. The lowest BCUT2D eigenvalue weighted by Gasteiger charge is -2.73. The minimum absolute atomic E-state index is 0.0632. The number of rotatable bonds is 1. The predicted molar refractivity (Wildman–Crippen MR) is 131 cm³/mol. The van der Waals surface area contributed by atoms with Crippen LogP contribution in [0.1, 0.15) is 113 Å². The Morgan fingerprint density at radius 3 is 2.13 bits per heavy atom. The maximum absolute atomic E-state index is 10.9. The van der Waals surface area contributed by atoms with Gasteiger partial charge in [-0.2, -0.15) is 0 Å². The molecular formula is C30H50O. The summed E-state index contributed by atoms with van der Waals surface area (Å²) in [5.41, 5.74) is 3.38. The van der Waals surface area contributed by atoms with Gasteiger partial charge in [-0.15, -0.1) is 0 Å². The first-order valence-electron chi connectivity index (χ1n) is 13.6. The molecule has 5 fully saturated rings. The monoisotopic (exact) mass is 426 g/mol. The molecule has 0 aromatic carbocycles. The van der Waals surface area contributed by atoms with Gasteiger partial charge in [-0.1, -0.05) is 53.7 Å². The molecule has 0 radical (unpaired) electrons. The lowest BCUT2D eigenvalue weighted by molar-refractivity contribution is -0.246. The van der Waals surface area contributed by atoms with E-state index in [-0.39, 0.29) is 11.5 Å². The molecule has 0 amide bonds. The third-order valence-electron chi connectivity index (χ3n) is 13.5. The molecule has 5 aliphatic carbocycles. The average Bonchev–Trinajstić information content (AvgIpc) is 3.04. The first-order valence-corrected chi connectivity index (χ1v) is 13.6. The number of aliphatic hydroxyl groups is 1. The van der Waals surface area contributed by atoms with Crippen LogP contribution in [0.4, 0.5) is 0 Å². The maximum Gasteiger partial charge on any atom is 0.0594 e. The van der Waals surface area contributed by atoms with Gasteiger partial charge in [0.25, 0.3) is 0 Å². The van der Waals surface area contributed by atoms with E-state index in [1.807, 2.05) is 0 Å². The van der Waals surface area contributed by atoms with E-state index in [1.165, 1.54) is 63.4 Å². The topological polar surface area (TPSA) is 20.2 Å². The van der Waals surface area contributed by atoms with Crippen molar-refractivity contribution >= 4 is 0 Å². The summed E-state index contributed by atoms with van der Waals surface area (Å²) >= 11 is 0. The van der Waals surface area contributed by atoms with Crippen molar-refractivity contribution in [2.75, 3.05) is 0 Å². The van der Waals surface area contributed by atoms with Gasteiger partial charge in [0, 0.05) is 0 Å². The molecule has 5 aliphatic rings.